The summed E-state index contributed by atoms with van der Waals surface area (Å²) in [6, 6.07) is 158. The molecule has 2 aromatic heterocycles. The van der Waals surface area contributed by atoms with E-state index in [0.717, 1.165) is 45.1 Å². The Hall–Kier alpha value is -16.0. The molecule has 0 saturated heterocycles. The molecule has 0 bridgehead atoms. The lowest BCUT2D eigenvalue weighted by atomic mass is 9.54. The molecule has 0 fully saturated rings. The van der Waals surface area contributed by atoms with Crippen LogP contribution in [0.2, 0.25) is 0 Å². The largest absolute Gasteiger partial charge is 0.310 e. The Balaban J connectivity index is 0.000000113. The molecule has 21 aromatic carbocycles. The smallest absolute Gasteiger partial charge is 0.164 e. The van der Waals surface area contributed by atoms with Gasteiger partial charge in [-0.1, -0.05) is 437 Å². The number of hydrogen-bond acceptors (Lipinski definition) is 6. The van der Waals surface area contributed by atoms with Crippen molar-refractivity contribution >= 4 is 130 Å². The number of hydrogen-bond donors (Lipinski definition) is 0. The number of benzene rings is 21. The molecular formula is C138H113N5S. The van der Waals surface area contributed by atoms with Crippen molar-refractivity contribution in [3.8, 4) is 89.8 Å². The van der Waals surface area contributed by atoms with Crippen LogP contribution >= 0.6 is 11.3 Å². The molecule has 0 radical (unpaired) electrons. The van der Waals surface area contributed by atoms with E-state index >= 15 is 0 Å². The highest BCUT2D eigenvalue weighted by molar-refractivity contribution is 7.25. The minimum Gasteiger partial charge on any atom is -0.310 e. The molecule has 0 unspecified atom stereocenters. The van der Waals surface area contributed by atoms with Gasteiger partial charge in [-0.05, 0) is 283 Å². The fraction of sp³-hybridized carbons (Fsp3) is 0.152. The lowest BCUT2D eigenvalue weighted by Gasteiger charge is -2.49. The van der Waals surface area contributed by atoms with Crippen LogP contribution in [-0.2, 0) is 37.9 Å². The molecular weight excluding hydrogens is 1760 g/mol. The van der Waals surface area contributed by atoms with Gasteiger partial charge in [-0.25, -0.2) is 15.0 Å². The summed E-state index contributed by atoms with van der Waals surface area (Å²) in [5.74, 6) is 1.99. The number of rotatable bonds is 10. The van der Waals surface area contributed by atoms with E-state index in [9.17, 15) is 0 Å². The van der Waals surface area contributed by atoms with Gasteiger partial charge in [0, 0.05) is 81.8 Å². The summed E-state index contributed by atoms with van der Waals surface area (Å²) in [6.45, 7) is 33.7. The molecule has 0 saturated carbocycles. The van der Waals surface area contributed by atoms with E-state index in [2.05, 4.69) is 477 Å². The Morgan fingerprint density at radius 1 is 0.188 bits per heavy atom. The number of anilines is 6. The van der Waals surface area contributed by atoms with Gasteiger partial charge in [-0.3, -0.25) is 0 Å². The zero-order valence-corrected chi connectivity index (χ0v) is 85.0. The topological polar surface area (TPSA) is 45.2 Å². The van der Waals surface area contributed by atoms with E-state index < -0.39 is 0 Å². The van der Waals surface area contributed by atoms with Crippen molar-refractivity contribution in [2.75, 3.05) is 9.80 Å². The van der Waals surface area contributed by atoms with Gasteiger partial charge in [-0.2, -0.15) is 0 Å². The van der Waals surface area contributed by atoms with E-state index in [0.29, 0.717) is 17.5 Å². The van der Waals surface area contributed by atoms with Crippen molar-refractivity contribution < 1.29 is 0 Å². The number of thiophene rings is 1. The maximum atomic E-state index is 4.93. The van der Waals surface area contributed by atoms with E-state index in [1.807, 2.05) is 72.0 Å². The molecule has 0 N–H and O–H groups in total. The normalized spacial score (nSPS) is 15.1. The van der Waals surface area contributed by atoms with Crippen LogP contribution in [0.5, 0.6) is 0 Å². The maximum absolute atomic E-state index is 4.93. The Kier molecular flexibility index (Phi) is 20.8. The summed E-state index contributed by atoms with van der Waals surface area (Å²) >= 11 is 1.86. The third-order valence-electron chi connectivity index (χ3n) is 34.5. The number of aromatic nitrogens is 3. The van der Waals surface area contributed by atoms with Gasteiger partial charge < -0.3 is 9.80 Å². The lowest BCUT2D eigenvalue weighted by molar-refractivity contribution is 0.299. The first-order valence-corrected chi connectivity index (χ1v) is 51.7. The summed E-state index contributed by atoms with van der Waals surface area (Å²) < 4.78 is 2.65. The molecule has 144 heavy (non-hydrogen) atoms. The Morgan fingerprint density at radius 3 is 1.10 bits per heavy atom. The third-order valence-corrected chi connectivity index (χ3v) is 35.6. The second-order valence-corrected chi connectivity index (χ2v) is 44.8. The van der Waals surface area contributed by atoms with E-state index in [1.165, 1.54) is 191 Å². The zero-order valence-electron chi connectivity index (χ0n) is 84.1. The zero-order chi connectivity index (χ0) is 98.2. The molecule has 0 aliphatic heterocycles. The van der Waals surface area contributed by atoms with Crippen molar-refractivity contribution in [2.24, 2.45) is 0 Å². The Labute approximate surface area is 848 Å². The van der Waals surface area contributed by atoms with Gasteiger partial charge in [0.2, 0.25) is 0 Å². The Morgan fingerprint density at radius 2 is 0.542 bits per heavy atom. The molecule has 23 aromatic rings. The first kappa shape index (κ1) is 89.4. The fourth-order valence-corrected chi connectivity index (χ4v) is 25.7. The molecule has 5 nitrogen and oxygen atoms in total. The molecule has 4 aliphatic rings. The molecule has 0 amide bonds. The monoisotopic (exact) mass is 1870 g/mol. The third kappa shape index (κ3) is 14.0. The number of nitrogens with zero attached hydrogens (tertiary/aromatic N) is 5. The molecule has 0 spiro atoms. The van der Waals surface area contributed by atoms with Crippen molar-refractivity contribution in [3.05, 3.63) is 475 Å². The van der Waals surface area contributed by atoms with Crippen LogP contribution in [-0.4, -0.2) is 15.0 Å². The predicted octanol–water partition coefficient (Wildman–Crippen LogP) is 38.2. The summed E-state index contributed by atoms with van der Waals surface area (Å²) in [7, 11) is 0. The lowest BCUT2D eigenvalue weighted by Crippen LogP contribution is -2.43. The van der Waals surface area contributed by atoms with Gasteiger partial charge in [-0.15, -0.1) is 11.3 Å². The second kappa shape index (κ2) is 33.6. The van der Waals surface area contributed by atoms with E-state index in [1.54, 1.807) is 0 Å². The molecule has 2 heterocycles. The van der Waals surface area contributed by atoms with Crippen LogP contribution in [0.4, 0.5) is 34.1 Å². The fourth-order valence-electron chi connectivity index (χ4n) is 24.6. The van der Waals surface area contributed by atoms with Crippen molar-refractivity contribution in [2.45, 2.75) is 135 Å². The first-order valence-electron chi connectivity index (χ1n) is 50.8. The standard InChI is InChI=1S/C47H37N3.C47H41N.C44H35NS/c1-46(2)40-29-36(26-27-38(40)39-28-25-32-22-21-31-13-11-12-18-37(31)41(32)42(39)47(46,3)4)30-19-23-35(24-20-30)45-49-43(33-14-7-5-8-15-33)48-44(50-45)34-16-9-6-10-17-34;1-45(2)40-18-12-10-16-35(40)36-25-23-33(29-43(36)45)48(31-14-8-7-9-15-31)32-22-20-30-21-24-37-34(39(30)28-32)26-27-42-44(37)38-17-11-13-19-41(38)46(3,4)47(42,5)6;1-43(2)38-16-10-8-15-35(38)42-34-22-19-28-18-20-30(26-36(28)32(34)23-24-39(42)44(43,3)4)45(29-12-6-5-7-13-29)31-21-25-41-37(27-31)33-14-9-11-17-40(33)46-41/h5-29H,1-4H3;7-29H,1-6H3;5-27H,1-4H3. The average molecular weight is 1870 g/mol. The van der Waals surface area contributed by atoms with Gasteiger partial charge in [0.25, 0.3) is 0 Å². The molecule has 27 rings (SSSR count). The Bertz CT molecular complexity index is 9100. The SMILES string of the molecule is CC1(C)c2cc(-c3ccc(-c4nc(-c5ccccc5)nc(-c5ccccc5)n4)cc3)ccc2-c2ccc3ccc4ccccc4c3c2C1(C)C.CC1(C)c2ccccc2-c2c(ccc3c2ccc2ccc(N(c4ccccc4)c4ccc5sc6ccccc6c5c4)cc23)C1(C)C.CC1(C)c2ccccc2-c2ccc(N(c3ccccc3)c3ccc4ccc5c6c(ccc5c4c3)C(C)(C)C(C)(C)c3ccccc3-6)cc21. The minimum absolute atomic E-state index is 0.0102. The van der Waals surface area contributed by atoms with Crippen LogP contribution in [0.25, 0.3) is 175 Å². The van der Waals surface area contributed by atoms with Crippen molar-refractivity contribution in [1.82, 2.24) is 15.0 Å². The molecule has 6 heteroatoms. The van der Waals surface area contributed by atoms with Gasteiger partial charge in [0.05, 0.1) is 0 Å². The average Bonchev–Trinajstić information content (AvgIpc) is 1.09. The van der Waals surface area contributed by atoms with Crippen LogP contribution < -0.4 is 9.80 Å². The quantitative estimate of drug-likeness (QED) is 0.128. The highest BCUT2D eigenvalue weighted by Gasteiger charge is 2.50. The number of fused-ring (bicyclic) bond motifs is 27. The van der Waals surface area contributed by atoms with E-state index in [4.69, 9.17) is 15.0 Å². The summed E-state index contributed by atoms with van der Waals surface area (Å²) in [6.07, 6.45) is 0. The second-order valence-electron chi connectivity index (χ2n) is 43.7. The summed E-state index contributed by atoms with van der Waals surface area (Å²) in [4.78, 5) is 19.6. The van der Waals surface area contributed by atoms with Gasteiger partial charge in [0.1, 0.15) is 0 Å². The molecule has 4 aliphatic carbocycles. The number of para-hydroxylation sites is 2. The highest BCUT2D eigenvalue weighted by atomic mass is 32.1. The van der Waals surface area contributed by atoms with E-state index in [-0.39, 0.29) is 37.9 Å². The summed E-state index contributed by atoms with van der Waals surface area (Å²) in [5.41, 5.74) is 34.1. The molecule has 696 valence electrons. The highest BCUT2D eigenvalue weighted by Crippen LogP contribution is 2.62. The van der Waals surface area contributed by atoms with Crippen molar-refractivity contribution in [3.63, 3.8) is 0 Å². The maximum Gasteiger partial charge on any atom is 0.164 e. The van der Waals surface area contributed by atoms with Crippen LogP contribution in [0.1, 0.15) is 141 Å². The van der Waals surface area contributed by atoms with Crippen LogP contribution in [0, 0.1) is 0 Å². The summed E-state index contributed by atoms with van der Waals surface area (Å²) in [5, 5.41) is 18.3. The minimum atomic E-state index is -0.122. The van der Waals surface area contributed by atoms with Crippen LogP contribution in [0.15, 0.2) is 431 Å². The predicted molar refractivity (Wildman–Crippen MR) is 614 cm³/mol. The van der Waals surface area contributed by atoms with Crippen molar-refractivity contribution in [1.29, 1.82) is 0 Å². The van der Waals surface area contributed by atoms with Gasteiger partial charge >= 0.3 is 0 Å². The molecule has 0 atom stereocenters. The van der Waals surface area contributed by atoms with Crippen LogP contribution in [0.3, 0.4) is 0 Å². The first-order chi connectivity index (χ1) is 69.7. The van der Waals surface area contributed by atoms with Gasteiger partial charge in [0.15, 0.2) is 17.5 Å².